The number of halogens is 1. The maximum Gasteiger partial charge on any atom is 0.147 e. The Kier molecular flexibility index (Phi) is 3.54. The van der Waals surface area contributed by atoms with Crippen molar-refractivity contribution >= 4 is 0 Å². The minimum absolute atomic E-state index is 0.225. The molecule has 1 aromatic carbocycles. The molecule has 90 valence electrons. The molecule has 1 aromatic heterocycles. The molecule has 4 heteroatoms. The predicted molar refractivity (Wildman–Crippen MR) is 65.6 cm³/mol. The summed E-state index contributed by atoms with van der Waals surface area (Å²) in [4.78, 5) is 4.25. The first kappa shape index (κ1) is 11.8. The fourth-order valence-corrected chi connectivity index (χ4v) is 1.78. The molecule has 2 rings (SSSR count). The summed E-state index contributed by atoms with van der Waals surface area (Å²) in [6, 6.07) is 5.07. The van der Waals surface area contributed by atoms with Crippen LogP contribution < -0.4 is 5.32 Å². The van der Waals surface area contributed by atoms with Gasteiger partial charge < -0.3 is 9.88 Å². The van der Waals surface area contributed by atoms with E-state index in [0.717, 1.165) is 17.8 Å². The van der Waals surface area contributed by atoms with Crippen LogP contribution in [0.1, 0.15) is 18.2 Å². The Labute approximate surface area is 100 Å². The molecule has 0 unspecified atom stereocenters. The third-order valence-corrected chi connectivity index (χ3v) is 2.64. The van der Waals surface area contributed by atoms with Crippen molar-refractivity contribution in [3.8, 4) is 5.69 Å². The van der Waals surface area contributed by atoms with Gasteiger partial charge in [0.05, 0.1) is 17.7 Å². The van der Waals surface area contributed by atoms with Crippen molar-refractivity contribution in [1.82, 2.24) is 14.9 Å². The molecule has 1 heterocycles. The number of nitrogens with zero attached hydrogens (tertiary/aromatic N) is 2. The number of nitrogens with one attached hydrogen (secondary N) is 1. The van der Waals surface area contributed by atoms with Crippen molar-refractivity contribution in [2.45, 2.75) is 20.4 Å². The van der Waals surface area contributed by atoms with E-state index in [2.05, 4.69) is 10.3 Å². The van der Waals surface area contributed by atoms with Crippen LogP contribution in [0.3, 0.4) is 0 Å². The monoisotopic (exact) mass is 233 g/mol. The van der Waals surface area contributed by atoms with Crippen LogP contribution in [-0.2, 0) is 6.54 Å². The van der Waals surface area contributed by atoms with Gasteiger partial charge in [-0.1, -0.05) is 19.1 Å². The topological polar surface area (TPSA) is 29.9 Å². The molecule has 1 N–H and O–H groups in total. The second-order valence-electron chi connectivity index (χ2n) is 3.96. The molecule has 0 bridgehead atoms. The summed E-state index contributed by atoms with van der Waals surface area (Å²) in [6.45, 7) is 5.53. The van der Waals surface area contributed by atoms with E-state index in [9.17, 15) is 4.39 Å². The Morgan fingerprint density at radius 3 is 2.94 bits per heavy atom. The highest BCUT2D eigenvalue weighted by Gasteiger charge is 2.08. The summed E-state index contributed by atoms with van der Waals surface area (Å²) in [6.07, 6.45) is 3.51. The number of rotatable bonds is 4. The third kappa shape index (κ3) is 2.53. The number of hydrogen-bond donors (Lipinski definition) is 1. The first-order chi connectivity index (χ1) is 8.22. The molecule has 0 saturated carbocycles. The van der Waals surface area contributed by atoms with Crippen LogP contribution in [0.5, 0.6) is 0 Å². The lowest BCUT2D eigenvalue weighted by Gasteiger charge is -2.07. The van der Waals surface area contributed by atoms with Gasteiger partial charge >= 0.3 is 0 Å². The van der Waals surface area contributed by atoms with E-state index in [1.54, 1.807) is 17.0 Å². The number of hydrogen-bond acceptors (Lipinski definition) is 2. The van der Waals surface area contributed by atoms with Crippen molar-refractivity contribution in [3.05, 3.63) is 47.8 Å². The lowest BCUT2D eigenvalue weighted by molar-refractivity contribution is 0.616. The van der Waals surface area contributed by atoms with Gasteiger partial charge in [-0.2, -0.15) is 0 Å². The Hall–Kier alpha value is -1.68. The summed E-state index contributed by atoms with van der Waals surface area (Å²) in [5, 5.41) is 3.19. The number of benzene rings is 1. The first-order valence-electron chi connectivity index (χ1n) is 5.71. The van der Waals surface area contributed by atoms with Gasteiger partial charge in [-0.3, -0.25) is 0 Å². The molecule has 3 nitrogen and oxygen atoms in total. The molecule has 2 aromatic rings. The van der Waals surface area contributed by atoms with E-state index < -0.39 is 0 Å². The lowest BCUT2D eigenvalue weighted by atomic mass is 10.2. The Bertz CT molecular complexity index is 485. The number of para-hydroxylation sites is 1. The van der Waals surface area contributed by atoms with Gasteiger partial charge in [-0.05, 0) is 25.1 Å². The van der Waals surface area contributed by atoms with Gasteiger partial charge in [0.1, 0.15) is 5.82 Å². The quantitative estimate of drug-likeness (QED) is 0.879. The Balaban J connectivity index is 2.30. The van der Waals surface area contributed by atoms with Crippen LogP contribution in [0.15, 0.2) is 30.7 Å². The van der Waals surface area contributed by atoms with Crippen LogP contribution in [-0.4, -0.2) is 16.1 Å². The fraction of sp³-hybridized carbons (Fsp3) is 0.308. The van der Waals surface area contributed by atoms with Gasteiger partial charge in [0.2, 0.25) is 0 Å². The van der Waals surface area contributed by atoms with E-state index in [-0.39, 0.29) is 5.82 Å². The highest BCUT2D eigenvalue weighted by molar-refractivity contribution is 5.41. The summed E-state index contributed by atoms with van der Waals surface area (Å²) in [5.41, 5.74) is 2.38. The normalized spacial score (nSPS) is 10.8. The maximum absolute atomic E-state index is 13.7. The van der Waals surface area contributed by atoms with Crippen molar-refractivity contribution in [1.29, 1.82) is 0 Å². The molecular formula is C13H16FN3. The first-order valence-corrected chi connectivity index (χ1v) is 5.71. The highest BCUT2D eigenvalue weighted by atomic mass is 19.1. The third-order valence-electron chi connectivity index (χ3n) is 2.64. The van der Waals surface area contributed by atoms with Crippen LogP contribution in [0.25, 0.3) is 5.69 Å². The van der Waals surface area contributed by atoms with Crippen molar-refractivity contribution in [2.75, 3.05) is 6.54 Å². The molecular weight excluding hydrogens is 217 g/mol. The van der Waals surface area contributed by atoms with Crippen LogP contribution in [0, 0.1) is 12.7 Å². The maximum atomic E-state index is 13.7. The predicted octanol–water partition coefficient (Wildman–Crippen LogP) is 2.43. The molecule has 0 radical (unpaired) electrons. The van der Waals surface area contributed by atoms with Crippen LogP contribution in [0.2, 0.25) is 0 Å². The smallest absolute Gasteiger partial charge is 0.147 e. The van der Waals surface area contributed by atoms with Crippen LogP contribution >= 0.6 is 0 Å². The van der Waals surface area contributed by atoms with E-state index in [0.29, 0.717) is 12.2 Å². The summed E-state index contributed by atoms with van der Waals surface area (Å²) < 4.78 is 15.5. The molecule has 0 atom stereocenters. The van der Waals surface area contributed by atoms with Crippen molar-refractivity contribution in [3.63, 3.8) is 0 Å². The number of aryl methyl sites for hydroxylation is 1. The van der Waals surface area contributed by atoms with E-state index >= 15 is 0 Å². The summed E-state index contributed by atoms with van der Waals surface area (Å²) in [7, 11) is 0. The molecule has 17 heavy (non-hydrogen) atoms. The van der Waals surface area contributed by atoms with Gasteiger partial charge in [-0.15, -0.1) is 0 Å². The minimum Gasteiger partial charge on any atom is -0.311 e. The highest BCUT2D eigenvalue weighted by Crippen LogP contribution is 2.18. The molecule has 0 aliphatic rings. The molecule has 0 aliphatic heterocycles. The molecule has 0 saturated heterocycles. The zero-order valence-electron chi connectivity index (χ0n) is 10.1. The Morgan fingerprint density at radius 1 is 1.41 bits per heavy atom. The van der Waals surface area contributed by atoms with Gasteiger partial charge in [0, 0.05) is 12.7 Å². The largest absolute Gasteiger partial charge is 0.311 e. The standard InChI is InChI=1S/C13H16FN3/c1-3-15-7-11-8-17(9-16-11)13-10(2)5-4-6-12(13)14/h4-6,8-9,15H,3,7H2,1-2H3. The van der Waals surface area contributed by atoms with E-state index in [4.69, 9.17) is 0 Å². The van der Waals surface area contributed by atoms with E-state index in [1.165, 1.54) is 6.07 Å². The zero-order chi connectivity index (χ0) is 12.3. The molecule has 0 fully saturated rings. The average Bonchev–Trinajstić information content (AvgIpc) is 2.75. The minimum atomic E-state index is -0.225. The van der Waals surface area contributed by atoms with E-state index in [1.807, 2.05) is 26.1 Å². The molecule has 0 spiro atoms. The zero-order valence-corrected chi connectivity index (χ0v) is 10.1. The summed E-state index contributed by atoms with van der Waals surface area (Å²) in [5.74, 6) is -0.225. The fourth-order valence-electron chi connectivity index (χ4n) is 1.78. The number of imidazole rings is 1. The molecule has 0 aliphatic carbocycles. The Morgan fingerprint density at radius 2 is 2.24 bits per heavy atom. The van der Waals surface area contributed by atoms with Gasteiger partial charge in [0.25, 0.3) is 0 Å². The van der Waals surface area contributed by atoms with Crippen molar-refractivity contribution < 1.29 is 4.39 Å². The second-order valence-corrected chi connectivity index (χ2v) is 3.96. The number of aromatic nitrogens is 2. The molecule has 0 amide bonds. The summed E-state index contributed by atoms with van der Waals surface area (Å²) >= 11 is 0. The van der Waals surface area contributed by atoms with Gasteiger partial charge in [0.15, 0.2) is 0 Å². The van der Waals surface area contributed by atoms with Crippen molar-refractivity contribution in [2.24, 2.45) is 0 Å². The van der Waals surface area contributed by atoms with Gasteiger partial charge in [-0.25, -0.2) is 9.37 Å². The lowest BCUT2D eigenvalue weighted by Crippen LogP contribution is -2.11. The SMILES string of the molecule is CCNCc1cn(-c2c(C)cccc2F)cn1. The second kappa shape index (κ2) is 5.10. The van der Waals surface area contributed by atoms with Crippen LogP contribution in [0.4, 0.5) is 4.39 Å². The average molecular weight is 233 g/mol.